The molecule has 0 fully saturated rings. The summed E-state index contributed by atoms with van der Waals surface area (Å²) in [7, 11) is 1.99. The van der Waals surface area contributed by atoms with Crippen LogP contribution in [-0.4, -0.2) is 40.4 Å². The molecule has 0 bridgehead atoms. The first-order valence-electron chi connectivity index (χ1n) is 8.55. The van der Waals surface area contributed by atoms with Crippen LogP contribution in [0.2, 0.25) is 0 Å². The quantitative estimate of drug-likeness (QED) is 0.669. The summed E-state index contributed by atoms with van der Waals surface area (Å²) in [6.07, 6.45) is 6.17. The minimum atomic E-state index is 0.436. The number of anilines is 3. The summed E-state index contributed by atoms with van der Waals surface area (Å²) in [5.74, 6) is 1.95. The van der Waals surface area contributed by atoms with Crippen molar-refractivity contribution in [1.82, 2.24) is 20.2 Å². The van der Waals surface area contributed by atoms with Crippen LogP contribution in [0.4, 0.5) is 17.5 Å². The number of nitrogens with one attached hydrogen (secondary N) is 1. The molecule has 1 aromatic carbocycles. The molecule has 0 saturated carbocycles. The largest absolute Gasteiger partial charge is 0.492 e. The van der Waals surface area contributed by atoms with E-state index in [4.69, 9.17) is 4.74 Å². The fraction of sp³-hybridized carbons (Fsp3) is 0.263. The molecule has 0 aliphatic heterocycles. The highest BCUT2D eigenvalue weighted by atomic mass is 16.5. The van der Waals surface area contributed by atoms with Crippen LogP contribution >= 0.6 is 0 Å². The van der Waals surface area contributed by atoms with Gasteiger partial charge in [-0.15, -0.1) is 5.10 Å². The van der Waals surface area contributed by atoms with Gasteiger partial charge in [-0.3, -0.25) is 4.98 Å². The van der Waals surface area contributed by atoms with Crippen molar-refractivity contribution < 1.29 is 4.74 Å². The van der Waals surface area contributed by atoms with E-state index in [0.29, 0.717) is 12.6 Å². The smallest absolute Gasteiger partial charge is 0.249 e. The van der Waals surface area contributed by atoms with Gasteiger partial charge in [0.25, 0.3) is 0 Å². The zero-order valence-corrected chi connectivity index (χ0v) is 15.0. The molecule has 0 unspecified atom stereocenters. The number of likely N-dealkylation sites (N-methyl/N-ethyl adjacent to an activating group) is 1. The molecule has 3 aromatic rings. The Hall–Kier alpha value is -3.22. The number of aromatic nitrogens is 4. The van der Waals surface area contributed by atoms with Gasteiger partial charge in [-0.05, 0) is 43.2 Å². The van der Waals surface area contributed by atoms with Crippen LogP contribution in [0.15, 0.2) is 55.0 Å². The van der Waals surface area contributed by atoms with Gasteiger partial charge in [0.2, 0.25) is 5.95 Å². The standard InChI is InChI=1S/C19H22N6O/c1-3-26-17-7-5-4-6-16(17)22-19-23-18(14-21-24-19)25(2)13-10-15-8-11-20-12-9-15/h4-9,11-12,14H,3,10,13H2,1-2H3,(H,22,23,24). The number of rotatable bonds is 8. The fourth-order valence-corrected chi connectivity index (χ4v) is 2.46. The van der Waals surface area contributed by atoms with Gasteiger partial charge < -0.3 is 15.0 Å². The molecule has 1 N–H and O–H groups in total. The average molecular weight is 350 g/mol. The Morgan fingerprint density at radius 2 is 1.92 bits per heavy atom. The van der Waals surface area contributed by atoms with Gasteiger partial charge >= 0.3 is 0 Å². The van der Waals surface area contributed by atoms with E-state index in [9.17, 15) is 0 Å². The van der Waals surface area contributed by atoms with Crippen LogP contribution < -0.4 is 15.0 Å². The van der Waals surface area contributed by atoms with E-state index in [2.05, 4.69) is 30.4 Å². The second-order valence-electron chi connectivity index (χ2n) is 5.72. The summed E-state index contributed by atoms with van der Waals surface area (Å²) in [4.78, 5) is 10.6. The van der Waals surface area contributed by atoms with Gasteiger partial charge in [0.1, 0.15) is 5.75 Å². The average Bonchev–Trinajstić information content (AvgIpc) is 2.69. The minimum Gasteiger partial charge on any atom is -0.492 e. The van der Waals surface area contributed by atoms with Crippen molar-refractivity contribution in [3.8, 4) is 5.75 Å². The van der Waals surface area contributed by atoms with E-state index >= 15 is 0 Å². The zero-order valence-electron chi connectivity index (χ0n) is 15.0. The first kappa shape index (κ1) is 17.6. The Morgan fingerprint density at radius 1 is 1.12 bits per heavy atom. The fourth-order valence-electron chi connectivity index (χ4n) is 2.46. The number of benzene rings is 1. The molecule has 0 aliphatic carbocycles. The molecule has 0 atom stereocenters. The SMILES string of the molecule is CCOc1ccccc1Nc1nncc(N(C)CCc2ccncc2)n1. The zero-order chi connectivity index (χ0) is 18.2. The summed E-state index contributed by atoms with van der Waals surface area (Å²) < 4.78 is 5.62. The van der Waals surface area contributed by atoms with E-state index in [1.54, 1.807) is 18.6 Å². The van der Waals surface area contributed by atoms with Crippen molar-refractivity contribution in [2.45, 2.75) is 13.3 Å². The molecule has 3 rings (SSSR count). The van der Waals surface area contributed by atoms with Gasteiger partial charge in [-0.2, -0.15) is 10.1 Å². The molecule has 7 nitrogen and oxygen atoms in total. The predicted molar refractivity (Wildman–Crippen MR) is 102 cm³/mol. The highest BCUT2D eigenvalue weighted by Crippen LogP contribution is 2.26. The molecule has 2 aromatic heterocycles. The van der Waals surface area contributed by atoms with E-state index in [1.165, 1.54) is 5.56 Å². The molecular weight excluding hydrogens is 328 g/mol. The highest BCUT2D eigenvalue weighted by Gasteiger charge is 2.09. The summed E-state index contributed by atoms with van der Waals surface area (Å²) in [5, 5.41) is 11.3. The Kier molecular flexibility index (Phi) is 5.92. The number of nitrogens with zero attached hydrogens (tertiary/aromatic N) is 5. The maximum Gasteiger partial charge on any atom is 0.249 e. The lowest BCUT2D eigenvalue weighted by atomic mass is 10.2. The lowest BCUT2D eigenvalue weighted by Gasteiger charge is -2.18. The number of ether oxygens (including phenoxy) is 1. The minimum absolute atomic E-state index is 0.436. The maximum atomic E-state index is 5.62. The summed E-state index contributed by atoms with van der Waals surface area (Å²) in [6.45, 7) is 3.36. The van der Waals surface area contributed by atoms with Crippen molar-refractivity contribution in [2.24, 2.45) is 0 Å². The van der Waals surface area contributed by atoms with Gasteiger partial charge in [-0.25, -0.2) is 0 Å². The van der Waals surface area contributed by atoms with Gasteiger partial charge in [0.05, 0.1) is 18.5 Å². The summed E-state index contributed by atoms with van der Waals surface area (Å²) in [5.41, 5.74) is 2.05. The third-order valence-electron chi connectivity index (χ3n) is 3.86. The van der Waals surface area contributed by atoms with E-state index < -0.39 is 0 Å². The first-order valence-corrected chi connectivity index (χ1v) is 8.55. The van der Waals surface area contributed by atoms with Crippen LogP contribution in [-0.2, 0) is 6.42 Å². The molecule has 0 amide bonds. The van der Waals surface area contributed by atoms with Crippen LogP contribution in [0.3, 0.4) is 0 Å². The number of hydrogen-bond donors (Lipinski definition) is 1. The van der Waals surface area contributed by atoms with Crippen molar-refractivity contribution in [1.29, 1.82) is 0 Å². The highest BCUT2D eigenvalue weighted by molar-refractivity contribution is 5.62. The monoisotopic (exact) mass is 350 g/mol. The maximum absolute atomic E-state index is 5.62. The topological polar surface area (TPSA) is 76.1 Å². The number of para-hydroxylation sites is 2. The normalized spacial score (nSPS) is 10.4. The van der Waals surface area contributed by atoms with Gasteiger partial charge in [0, 0.05) is 26.0 Å². The Morgan fingerprint density at radius 3 is 2.73 bits per heavy atom. The molecular formula is C19H22N6O. The molecule has 134 valence electrons. The molecule has 0 radical (unpaired) electrons. The molecule has 0 spiro atoms. The third kappa shape index (κ3) is 4.66. The van der Waals surface area contributed by atoms with Crippen LogP contribution in [0, 0.1) is 0 Å². The first-order chi connectivity index (χ1) is 12.8. The molecule has 0 saturated heterocycles. The summed E-state index contributed by atoms with van der Waals surface area (Å²) in [6, 6.07) is 11.7. The Labute approximate surface area is 153 Å². The summed E-state index contributed by atoms with van der Waals surface area (Å²) >= 11 is 0. The predicted octanol–water partition coefficient (Wildman–Crippen LogP) is 3.09. The third-order valence-corrected chi connectivity index (χ3v) is 3.86. The van der Waals surface area contributed by atoms with Crippen molar-refractivity contribution >= 4 is 17.5 Å². The van der Waals surface area contributed by atoms with Gasteiger partial charge in [-0.1, -0.05) is 12.1 Å². The van der Waals surface area contributed by atoms with Gasteiger partial charge in [0.15, 0.2) is 5.82 Å². The molecule has 26 heavy (non-hydrogen) atoms. The molecule has 2 heterocycles. The van der Waals surface area contributed by atoms with Crippen LogP contribution in [0.1, 0.15) is 12.5 Å². The lowest BCUT2D eigenvalue weighted by Crippen LogP contribution is -2.22. The number of pyridine rings is 1. The van der Waals surface area contributed by atoms with E-state index in [0.717, 1.165) is 30.2 Å². The van der Waals surface area contributed by atoms with E-state index in [1.807, 2.05) is 50.4 Å². The van der Waals surface area contributed by atoms with Crippen LogP contribution in [0.25, 0.3) is 0 Å². The van der Waals surface area contributed by atoms with Crippen molar-refractivity contribution in [3.05, 3.63) is 60.6 Å². The molecule has 0 aliphatic rings. The lowest BCUT2D eigenvalue weighted by molar-refractivity contribution is 0.342. The second-order valence-corrected chi connectivity index (χ2v) is 5.72. The van der Waals surface area contributed by atoms with E-state index in [-0.39, 0.29) is 0 Å². The van der Waals surface area contributed by atoms with Crippen molar-refractivity contribution in [2.75, 3.05) is 30.4 Å². The Balaban J connectivity index is 1.68. The second kappa shape index (κ2) is 8.75. The van der Waals surface area contributed by atoms with Crippen LogP contribution in [0.5, 0.6) is 5.75 Å². The molecule has 7 heteroatoms. The van der Waals surface area contributed by atoms with Crippen molar-refractivity contribution in [3.63, 3.8) is 0 Å². The number of hydrogen-bond acceptors (Lipinski definition) is 7. The Bertz CT molecular complexity index is 827.